The molecule has 0 aromatic heterocycles. The molecule has 0 unspecified atom stereocenters. The number of sulfonamides is 1. The third-order valence-electron chi connectivity index (χ3n) is 5.08. The number of nitrogens with zero attached hydrogens (tertiary/aromatic N) is 2. The van der Waals surface area contributed by atoms with Crippen molar-refractivity contribution in [2.45, 2.75) is 51.0 Å². The van der Waals surface area contributed by atoms with E-state index in [1.165, 1.54) is 4.31 Å². The molecular formula is C21H28ClF3N4O3S. The first-order valence-corrected chi connectivity index (χ1v) is 12.4. The van der Waals surface area contributed by atoms with Crippen LogP contribution >= 0.6 is 11.6 Å². The number of nitrogens with one attached hydrogen (secondary N) is 2. The van der Waals surface area contributed by atoms with Crippen molar-refractivity contribution in [3.05, 3.63) is 47.0 Å². The number of carbonyl (C=O) groups excluding carboxylic acids is 1. The highest BCUT2D eigenvalue weighted by Gasteiger charge is 2.41. The number of halogens is 4. The maximum atomic E-state index is 12.4. The largest absolute Gasteiger partial charge is 0.390 e. The minimum atomic E-state index is -4.36. The summed E-state index contributed by atoms with van der Waals surface area (Å²) in [6, 6.07) is 5.88. The lowest BCUT2D eigenvalue weighted by Crippen LogP contribution is -2.51. The SMILES string of the molecule is C=C(CCN(Cc1ccc(Cl)cc1)S(C)(=O)=O)C1=N[C@@H](C(=O)NCCC(F)(F)F)C(C)(C)N1. The molecule has 1 aliphatic rings. The van der Waals surface area contributed by atoms with Crippen LogP contribution in [0.1, 0.15) is 32.3 Å². The van der Waals surface area contributed by atoms with Gasteiger partial charge in [0.05, 0.1) is 18.2 Å². The van der Waals surface area contributed by atoms with Crippen LogP contribution in [-0.2, 0) is 21.4 Å². The summed E-state index contributed by atoms with van der Waals surface area (Å²) in [5.41, 5.74) is 0.405. The number of aliphatic imine (C=N–C) groups is 1. The molecule has 0 bridgehead atoms. The van der Waals surface area contributed by atoms with Crippen LogP contribution in [0.15, 0.2) is 41.4 Å². The number of benzene rings is 1. The predicted octanol–water partition coefficient (Wildman–Crippen LogP) is 3.27. The summed E-state index contributed by atoms with van der Waals surface area (Å²) in [6.45, 7) is 7.10. The minimum absolute atomic E-state index is 0.129. The van der Waals surface area contributed by atoms with Crippen molar-refractivity contribution >= 4 is 33.4 Å². The number of hydrogen-bond acceptors (Lipinski definition) is 5. The lowest BCUT2D eigenvalue weighted by molar-refractivity contribution is -0.136. The van der Waals surface area contributed by atoms with E-state index in [2.05, 4.69) is 22.2 Å². The summed E-state index contributed by atoms with van der Waals surface area (Å²) in [4.78, 5) is 16.7. The molecule has 1 aromatic rings. The lowest BCUT2D eigenvalue weighted by Gasteiger charge is -2.26. The molecule has 7 nitrogen and oxygen atoms in total. The van der Waals surface area contributed by atoms with E-state index >= 15 is 0 Å². The van der Waals surface area contributed by atoms with E-state index in [0.717, 1.165) is 11.8 Å². The molecule has 33 heavy (non-hydrogen) atoms. The van der Waals surface area contributed by atoms with Gasteiger partial charge in [-0.25, -0.2) is 8.42 Å². The lowest BCUT2D eigenvalue weighted by atomic mass is 9.96. The van der Waals surface area contributed by atoms with Crippen LogP contribution in [0.2, 0.25) is 5.02 Å². The second kappa shape index (κ2) is 10.4. The highest BCUT2D eigenvalue weighted by atomic mass is 35.5. The number of alkyl halides is 3. The van der Waals surface area contributed by atoms with Crippen LogP contribution in [0.5, 0.6) is 0 Å². The highest BCUT2D eigenvalue weighted by Crippen LogP contribution is 2.24. The van der Waals surface area contributed by atoms with Gasteiger partial charge < -0.3 is 10.6 Å². The number of hydrogen-bond donors (Lipinski definition) is 2. The zero-order valence-corrected chi connectivity index (χ0v) is 20.2. The number of amidine groups is 1. The smallest absolute Gasteiger partial charge is 0.363 e. The second-order valence-corrected chi connectivity index (χ2v) is 10.9. The van der Waals surface area contributed by atoms with Crippen molar-refractivity contribution in [2.75, 3.05) is 19.3 Å². The predicted molar refractivity (Wildman–Crippen MR) is 123 cm³/mol. The summed E-state index contributed by atoms with van der Waals surface area (Å²) >= 11 is 5.88. The molecule has 0 spiro atoms. The van der Waals surface area contributed by atoms with Gasteiger partial charge in [-0.1, -0.05) is 30.3 Å². The highest BCUT2D eigenvalue weighted by molar-refractivity contribution is 7.88. The van der Waals surface area contributed by atoms with Crippen molar-refractivity contribution in [3.63, 3.8) is 0 Å². The Labute approximate surface area is 197 Å². The standard InChI is InChI=1S/C21H28ClF3N4O3S/c1-14(9-12-29(33(4,31)32)13-15-5-7-16(22)8-6-15)18-27-17(20(2,3)28-18)19(30)26-11-10-21(23,24)25/h5-8,17H,1,9-13H2,2-4H3,(H,26,30)(H,27,28)/t17-/m0/s1. The van der Waals surface area contributed by atoms with Crippen LogP contribution < -0.4 is 10.6 Å². The van der Waals surface area contributed by atoms with E-state index in [4.69, 9.17) is 11.6 Å². The van der Waals surface area contributed by atoms with Crippen LogP contribution in [0.25, 0.3) is 0 Å². The van der Waals surface area contributed by atoms with E-state index in [1.54, 1.807) is 38.1 Å². The topological polar surface area (TPSA) is 90.9 Å². The van der Waals surface area contributed by atoms with E-state index in [9.17, 15) is 26.4 Å². The molecular weight excluding hydrogens is 481 g/mol. The molecule has 1 atom stereocenters. The van der Waals surface area contributed by atoms with E-state index in [-0.39, 0.29) is 19.5 Å². The third-order valence-corrected chi connectivity index (χ3v) is 6.58. The molecule has 1 amide bonds. The Kier molecular flexibility index (Phi) is 8.58. The van der Waals surface area contributed by atoms with Gasteiger partial charge in [0.1, 0.15) is 5.84 Å². The maximum absolute atomic E-state index is 12.4. The van der Waals surface area contributed by atoms with Crippen LogP contribution in [0.3, 0.4) is 0 Å². The Morgan fingerprint density at radius 1 is 1.30 bits per heavy atom. The zero-order chi connectivity index (χ0) is 25.0. The first-order chi connectivity index (χ1) is 15.1. The van der Waals surface area contributed by atoms with Gasteiger partial charge in [-0.3, -0.25) is 9.79 Å². The zero-order valence-electron chi connectivity index (χ0n) is 18.7. The average Bonchev–Trinajstić information content (AvgIpc) is 2.99. The average molecular weight is 509 g/mol. The molecule has 0 radical (unpaired) electrons. The molecule has 2 N–H and O–H groups in total. The van der Waals surface area contributed by atoms with Crippen molar-refractivity contribution < 1.29 is 26.4 Å². The summed E-state index contributed by atoms with van der Waals surface area (Å²) in [5, 5.41) is 5.88. The third kappa shape index (κ3) is 8.31. The molecule has 0 fully saturated rings. The van der Waals surface area contributed by atoms with Gasteiger partial charge in [-0.05, 0) is 43.5 Å². The monoisotopic (exact) mass is 508 g/mol. The molecule has 2 rings (SSSR count). The maximum Gasteiger partial charge on any atom is 0.390 e. The molecule has 0 saturated carbocycles. The number of amides is 1. The van der Waals surface area contributed by atoms with Crippen LogP contribution in [-0.4, -0.2) is 61.6 Å². The molecule has 184 valence electrons. The van der Waals surface area contributed by atoms with Gasteiger partial charge in [-0.15, -0.1) is 0 Å². The Balaban J connectivity index is 2.02. The van der Waals surface area contributed by atoms with Gasteiger partial charge in [-0.2, -0.15) is 17.5 Å². The van der Waals surface area contributed by atoms with Gasteiger partial charge in [0.2, 0.25) is 15.9 Å². The minimum Gasteiger partial charge on any atom is -0.363 e. The van der Waals surface area contributed by atoms with E-state index < -0.39 is 46.7 Å². The van der Waals surface area contributed by atoms with Crippen molar-refractivity contribution in [1.82, 2.24) is 14.9 Å². The first kappa shape index (κ1) is 27.1. The molecule has 1 heterocycles. The fourth-order valence-electron chi connectivity index (χ4n) is 3.22. The number of rotatable bonds is 10. The quantitative estimate of drug-likeness (QED) is 0.507. The first-order valence-electron chi connectivity index (χ1n) is 10.2. The van der Waals surface area contributed by atoms with Crippen LogP contribution in [0.4, 0.5) is 13.2 Å². The summed E-state index contributed by atoms with van der Waals surface area (Å²) in [6.07, 6.45) is -4.14. The second-order valence-electron chi connectivity index (χ2n) is 8.46. The normalized spacial score (nSPS) is 18.1. The van der Waals surface area contributed by atoms with Crippen molar-refractivity contribution in [1.29, 1.82) is 0 Å². The Bertz CT molecular complexity index is 1010. The number of carbonyl (C=O) groups is 1. The van der Waals surface area contributed by atoms with Gasteiger partial charge in [0.25, 0.3) is 0 Å². The Morgan fingerprint density at radius 3 is 2.45 bits per heavy atom. The molecule has 12 heteroatoms. The van der Waals surface area contributed by atoms with Crippen molar-refractivity contribution in [3.8, 4) is 0 Å². The van der Waals surface area contributed by atoms with E-state index in [1.807, 2.05) is 0 Å². The van der Waals surface area contributed by atoms with Gasteiger partial charge >= 0.3 is 6.18 Å². The Hall–Kier alpha value is -2.11. The molecule has 0 saturated heterocycles. The van der Waals surface area contributed by atoms with E-state index in [0.29, 0.717) is 16.4 Å². The Morgan fingerprint density at radius 2 is 1.91 bits per heavy atom. The van der Waals surface area contributed by atoms with Gasteiger partial charge in [0.15, 0.2) is 6.04 Å². The van der Waals surface area contributed by atoms with Crippen LogP contribution in [0, 0.1) is 0 Å². The summed E-state index contributed by atoms with van der Waals surface area (Å²) in [5.74, 6) is -0.295. The van der Waals surface area contributed by atoms with Gasteiger partial charge in [0, 0.05) is 24.7 Å². The summed E-state index contributed by atoms with van der Waals surface area (Å²) < 4.78 is 62.8. The summed E-state index contributed by atoms with van der Waals surface area (Å²) in [7, 11) is -3.52. The molecule has 1 aliphatic heterocycles. The van der Waals surface area contributed by atoms with Crippen molar-refractivity contribution in [2.24, 2.45) is 4.99 Å². The fraction of sp³-hybridized carbons (Fsp3) is 0.524. The fourth-order valence-corrected chi connectivity index (χ4v) is 4.15. The molecule has 1 aromatic carbocycles. The molecule has 0 aliphatic carbocycles.